The lowest BCUT2D eigenvalue weighted by Gasteiger charge is -2.24. The van der Waals surface area contributed by atoms with Crippen LogP contribution in [0.5, 0.6) is 0 Å². The second kappa shape index (κ2) is 8.43. The van der Waals surface area contributed by atoms with Gasteiger partial charge in [-0.25, -0.2) is 0 Å². The first kappa shape index (κ1) is 17.2. The van der Waals surface area contributed by atoms with Gasteiger partial charge in [-0.05, 0) is 36.7 Å². The summed E-state index contributed by atoms with van der Waals surface area (Å²) in [5.41, 5.74) is 3.20. The standard InChI is InChI=1S/C18H31NO/c1-15-7-6-8-16(13-15)17(9-10-18(2,3)4)14-19-11-12-20-5/h6-8,13,17,19H,9-12,14H2,1-5H3. The van der Waals surface area contributed by atoms with E-state index in [2.05, 4.69) is 57.3 Å². The van der Waals surface area contributed by atoms with E-state index in [0.29, 0.717) is 11.3 Å². The zero-order valence-corrected chi connectivity index (χ0v) is 13.8. The van der Waals surface area contributed by atoms with Crippen molar-refractivity contribution in [3.05, 3.63) is 35.4 Å². The number of aryl methyl sites for hydroxylation is 1. The second-order valence-electron chi connectivity index (χ2n) is 6.91. The molecule has 0 bridgehead atoms. The van der Waals surface area contributed by atoms with Gasteiger partial charge in [0.05, 0.1) is 6.61 Å². The maximum Gasteiger partial charge on any atom is 0.0587 e. The number of ether oxygens (including phenoxy) is 1. The molecule has 2 heteroatoms. The molecule has 1 rings (SSSR count). The number of hydrogen-bond acceptors (Lipinski definition) is 2. The van der Waals surface area contributed by atoms with E-state index in [1.165, 1.54) is 24.0 Å². The Morgan fingerprint density at radius 3 is 2.60 bits per heavy atom. The first-order valence-corrected chi connectivity index (χ1v) is 7.68. The van der Waals surface area contributed by atoms with E-state index in [-0.39, 0.29) is 0 Å². The van der Waals surface area contributed by atoms with E-state index < -0.39 is 0 Å². The fourth-order valence-corrected chi connectivity index (χ4v) is 2.37. The molecule has 0 heterocycles. The van der Waals surface area contributed by atoms with Gasteiger partial charge < -0.3 is 10.1 Å². The third kappa shape index (κ3) is 7.06. The van der Waals surface area contributed by atoms with Crippen molar-refractivity contribution >= 4 is 0 Å². The molecule has 0 saturated heterocycles. The Morgan fingerprint density at radius 2 is 2.00 bits per heavy atom. The van der Waals surface area contributed by atoms with Gasteiger partial charge >= 0.3 is 0 Å². The van der Waals surface area contributed by atoms with E-state index in [0.717, 1.165) is 19.7 Å². The molecule has 0 aliphatic rings. The van der Waals surface area contributed by atoms with Gasteiger partial charge in [-0.15, -0.1) is 0 Å². The molecule has 0 fully saturated rings. The summed E-state index contributed by atoms with van der Waals surface area (Å²) in [6.45, 7) is 11.9. The summed E-state index contributed by atoms with van der Waals surface area (Å²) in [7, 11) is 1.75. The molecule has 1 unspecified atom stereocenters. The molecule has 1 N–H and O–H groups in total. The lowest BCUT2D eigenvalue weighted by molar-refractivity contribution is 0.198. The van der Waals surface area contributed by atoms with E-state index in [4.69, 9.17) is 4.74 Å². The van der Waals surface area contributed by atoms with Crippen LogP contribution in [0.25, 0.3) is 0 Å². The molecular formula is C18H31NO. The van der Waals surface area contributed by atoms with Crippen molar-refractivity contribution in [3.8, 4) is 0 Å². The lowest BCUT2D eigenvalue weighted by Crippen LogP contribution is -2.26. The normalized spacial score (nSPS) is 13.4. The first-order chi connectivity index (χ1) is 9.42. The predicted molar refractivity (Wildman–Crippen MR) is 87.4 cm³/mol. The molecule has 0 amide bonds. The van der Waals surface area contributed by atoms with Crippen LogP contribution in [0, 0.1) is 12.3 Å². The Kier molecular flexibility index (Phi) is 7.25. The Balaban J connectivity index is 2.63. The highest BCUT2D eigenvalue weighted by molar-refractivity contribution is 5.25. The van der Waals surface area contributed by atoms with Crippen LogP contribution in [0.2, 0.25) is 0 Å². The van der Waals surface area contributed by atoms with Gasteiger partial charge in [0, 0.05) is 20.2 Å². The molecule has 1 atom stereocenters. The summed E-state index contributed by atoms with van der Waals surface area (Å²) >= 11 is 0. The minimum Gasteiger partial charge on any atom is -0.383 e. The van der Waals surface area contributed by atoms with Crippen LogP contribution in [0.4, 0.5) is 0 Å². The molecule has 0 aromatic heterocycles. The SMILES string of the molecule is COCCNCC(CCC(C)(C)C)c1cccc(C)c1. The van der Waals surface area contributed by atoms with Crippen molar-refractivity contribution in [2.45, 2.75) is 46.5 Å². The molecule has 0 spiro atoms. The Labute approximate surface area is 124 Å². The molecule has 0 saturated carbocycles. The summed E-state index contributed by atoms with van der Waals surface area (Å²) in [6, 6.07) is 8.93. The zero-order valence-electron chi connectivity index (χ0n) is 13.8. The van der Waals surface area contributed by atoms with Gasteiger partial charge in [-0.2, -0.15) is 0 Å². The highest BCUT2D eigenvalue weighted by atomic mass is 16.5. The molecule has 114 valence electrons. The molecule has 20 heavy (non-hydrogen) atoms. The molecule has 0 aliphatic heterocycles. The minimum absolute atomic E-state index is 0.397. The van der Waals surface area contributed by atoms with Gasteiger partial charge in [-0.3, -0.25) is 0 Å². The number of methoxy groups -OCH3 is 1. The topological polar surface area (TPSA) is 21.3 Å². The average molecular weight is 277 g/mol. The first-order valence-electron chi connectivity index (χ1n) is 7.68. The predicted octanol–water partition coefficient (Wildman–Crippen LogP) is 4.14. The molecule has 2 nitrogen and oxygen atoms in total. The van der Waals surface area contributed by atoms with Crippen LogP contribution in [0.1, 0.15) is 50.7 Å². The van der Waals surface area contributed by atoms with E-state index in [1.54, 1.807) is 7.11 Å². The largest absolute Gasteiger partial charge is 0.383 e. The van der Waals surface area contributed by atoms with Gasteiger partial charge in [-0.1, -0.05) is 50.6 Å². The van der Waals surface area contributed by atoms with Crippen molar-refractivity contribution < 1.29 is 4.74 Å². The third-order valence-corrected chi connectivity index (χ3v) is 3.63. The summed E-state index contributed by atoms with van der Waals surface area (Å²) in [5.74, 6) is 0.589. The van der Waals surface area contributed by atoms with Crippen molar-refractivity contribution in [1.82, 2.24) is 5.32 Å². The number of hydrogen-bond donors (Lipinski definition) is 1. The molecule has 1 aromatic carbocycles. The van der Waals surface area contributed by atoms with Crippen molar-refractivity contribution in [1.29, 1.82) is 0 Å². The highest BCUT2D eigenvalue weighted by Crippen LogP contribution is 2.28. The van der Waals surface area contributed by atoms with Crippen LogP contribution >= 0.6 is 0 Å². The molecule has 0 radical (unpaired) electrons. The Bertz CT molecular complexity index is 381. The smallest absolute Gasteiger partial charge is 0.0587 e. The van der Waals surface area contributed by atoms with Gasteiger partial charge in [0.1, 0.15) is 0 Å². The summed E-state index contributed by atoms with van der Waals surface area (Å²) in [4.78, 5) is 0. The summed E-state index contributed by atoms with van der Waals surface area (Å²) < 4.78 is 5.10. The number of nitrogens with one attached hydrogen (secondary N) is 1. The van der Waals surface area contributed by atoms with E-state index in [1.807, 2.05) is 0 Å². The van der Waals surface area contributed by atoms with Gasteiger partial charge in [0.2, 0.25) is 0 Å². The van der Waals surface area contributed by atoms with Crippen molar-refractivity contribution in [2.24, 2.45) is 5.41 Å². The molecule has 0 aliphatic carbocycles. The van der Waals surface area contributed by atoms with Crippen LogP contribution in [0.3, 0.4) is 0 Å². The van der Waals surface area contributed by atoms with Gasteiger partial charge in [0.15, 0.2) is 0 Å². The van der Waals surface area contributed by atoms with Gasteiger partial charge in [0.25, 0.3) is 0 Å². The monoisotopic (exact) mass is 277 g/mol. The molecular weight excluding hydrogens is 246 g/mol. The maximum absolute atomic E-state index is 5.10. The number of benzene rings is 1. The molecule has 1 aromatic rings. The lowest BCUT2D eigenvalue weighted by atomic mass is 9.84. The third-order valence-electron chi connectivity index (χ3n) is 3.63. The van der Waals surface area contributed by atoms with Crippen LogP contribution in [-0.4, -0.2) is 26.8 Å². The van der Waals surface area contributed by atoms with E-state index >= 15 is 0 Å². The average Bonchev–Trinajstić information content (AvgIpc) is 2.36. The zero-order chi connectivity index (χ0) is 15.0. The summed E-state index contributed by atoms with van der Waals surface area (Å²) in [5, 5.41) is 3.52. The second-order valence-corrected chi connectivity index (χ2v) is 6.91. The minimum atomic E-state index is 0.397. The summed E-state index contributed by atoms with van der Waals surface area (Å²) in [6.07, 6.45) is 2.48. The van der Waals surface area contributed by atoms with Crippen LogP contribution in [-0.2, 0) is 4.74 Å². The maximum atomic E-state index is 5.10. The van der Waals surface area contributed by atoms with Crippen LogP contribution in [0.15, 0.2) is 24.3 Å². The fraction of sp³-hybridized carbons (Fsp3) is 0.667. The Morgan fingerprint density at radius 1 is 1.25 bits per heavy atom. The quantitative estimate of drug-likeness (QED) is 0.721. The van der Waals surface area contributed by atoms with Crippen molar-refractivity contribution in [2.75, 3.05) is 26.8 Å². The number of rotatable bonds is 8. The van der Waals surface area contributed by atoms with E-state index in [9.17, 15) is 0 Å². The van der Waals surface area contributed by atoms with Crippen LogP contribution < -0.4 is 5.32 Å². The van der Waals surface area contributed by atoms with Crippen molar-refractivity contribution in [3.63, 3.8) is 0 Å². The fourth-order valence-electron chi connectivity index (χ4n) is 2.37. The Hall–Kier alpha value is -0.860. The highest BCUT2D eigenvalue weighted by Gasteiger charge is 2.16.